The Balaban J connectivity index is 1.20. The highest BCUT2D eigenvalue weighted by atomic mass is 19.3. The van der Waals surface area contributed by atoms with E-state index in [1.807, 2.05) is 0 Å². The first kappa shape index (κ1) is 23.0. The van der Waals surface area contributed by atoms with Crippen molar-refractivity contribution in [2.45, 2.75) is 88.1 Å². The number of nitrogens with zero attached hydrogens (tertiary/aromatic N) is 3. The van der Waals surface area contributed by atoms with Crippen LogP contribution in [0.3, 0.4) is 0 Å². The molecule has 8 rings (SSSR count). The van der Waals surface area contributed by atoms with Gasteiger partial charge in [-0.25, -0.2) is 8.78 Å². The summed E-state index contributed by atoms with van der Waals surface area (Å²) < 4.78 is 60.3. The van der Waals surface area contributed by atoms with Crippen molar-refractivity contribution in [2.24, 2.45) is 10.8 Å². The summed E-state index contributed by atoms with van der Waals surface area (Å²) in [5.41, 5.74) is -1.31. The highest BCUT2D eigenvalue weighted by molar-refractivity contribution is 5.94. The summed E-state index contributed by atoms with van der Waals surface area (Å²) in [6, 6.07) is 6.09. The Morgan fingerprint density at radius 1 is 1.09 bits per heavy atom. The topological polar surface area (TPSA) is 59.2 Å². The first-order valence-electron chi connectivity index (χ1n) is 12.4. The lowest BCUT2D eigenvalue weighted by Gasteiger charge is -2.66. The Morgan fingerprint density at radius 2 is 1.74 bits per heavy atom. The van der Waals surface area contributed by atoms with E-state index >= 15 is 0 Å². The fourth-order valence-electron chi connectivity index (χ4n) is 7.22. The van der Waals surface area contributed by atoms with Crippen LogP contribution < -0.4 is 4.90 Å². The van der Waals surface area contributed by atoms with Gasteiger partial charge in [-0.15, -0.1) is 0 Å². The number of hydrogen-bond donors (Lipinski definition) is 0. The zero-order valence-electron chi connectivity index (χ0n) is 19.8. The van der Waals surface area contributed by atoms with Gasteiger partial charge in [0.1, 0.15) is 11.5 Å². The molecule has 5 nitrogen and oxygen atoms in total. The molecule has 4 bridgehead atoms. The average Bonchev–Trinajstić information content (AvgIpc) is 3.29. The third-order valence-electron chi connectivity index (χ3n) is 9.19. The zero-order chi connectivity index (χ0) is 24.7. The van der Waals surface area contributed by atoms with Crippen LogP contribution in [0.25, 0.3) is 0 Å². The molecule has 0 saturated heterocycles. The Bertz CT molecular complexity index is 1130. The summed E-state index contributed by atoms with van der Waals surface area (Å²) in [4.78, 5) is 19.2. The Hall–Kier alpha value is -2.45. The van der Waals surface area contributed by atoms with E-state index in [0.717, 1.165) is 45.4 Å². The van der Waals surface area contributed by atoms with E-state index in [4.69, 9.17) is 4.52 Å². The number of amides is 1. The van der Waals surface area contributed by atoms with Gasteiger partial charge in [-0.2, -0.15) is 13.8 Å². The van der Waals surface area contributed by atoms with E-state index in [1.165, 1.54) is 12.1 Å². The maximum Gasteiger partial charge on any atom is 0.322 e. The Kier molecular flexibility index (Phi) is 4.79. The van der Waals surface area contributed by atoms with E-state index in [-0.39, 0.29) is 28.6 Å². The number of benzene rings is 1. The molecule has 6 saturated carbocycles. The van der Waals surface area contributed by atoms with Gasteiger partial charge in [0.2, 0.25) is 5.91 Å². The summed E-state index contributed by atoms with van der Waals surface area (Å²) in [5, 5.41) is 3.91. The molecule has 1 aromatic carbocycles. The van der Waals surface area contributed by atoms with Crippen LogP contribution in [-0.4, -0.2) is 28.3 Å². The third kappa shape index (κ3) is 3.76. The fraction of sp³-hybridized carbons (Fsp3) is 0.654. The van der Waals surface area contributed by atoms with Gasteiger partial charge in [-0.05, 0) is 86.8 Å². The molecule has 2 aromatic rings. The molecule has 6 fully saturated rings. The molecule has 0 N–H and O–H groups in total. The van der Waals surface area contributed by atoms with Gasteiger partial charge in [0.15, 0.2) is 5.82 Å². The predicted octanol–water partition coefficient (Wildman–Crippen LogP) is 6.23. The summed E-state index contributed by atoms with van der Waals surface area (Å²) in [6.07, 6.45) is 6.15. The van der Waals surface area contributed by atoms with Gasteiger partial charge in [-0.3, -0.25) is 4.79 Å². The lowest BCUT2D eigenvalue weighted by molar-refractivity contribution is -0.215. The van der Waals surface area contributed by atoms with Crippen LogP contribution >= 0.6 is 0 Å². The largest absolute Gasteiger partial charge is 0.333 e. The number of anilines is 1. The van der Waals surface area contributed by atoms with Crippen molar-refractivity contribution in [3.05, 3.63) is 41.8 Å². The van der Waals surface area contributed by atoms with Crippen molar-refractivity contribution in [3.63, 3.8) is 0 Å². The first-order valence-corrected chi connectivity index (χ1v) is 12.4. The molecule has 9 heteroatoms. The highest BCUT2D eigenvalue weighted by Gasteiger charge is 2.69. The van der Waals surface area contributed by atoms with E-state index in [2.05, 4.69) is 10.1 Å². The van der Waals surface area contributed by atoms with Crippen molar-refractivity contribution < 1.29 is 26.9 Å². The molecule has 35 heavy (non-hydrogen) atoms. The third-order valence-corrected chi connectivity index (χ3v) is 9.19. The van der Waals surface area contributed by atoms with Crippen LogP contribution in [0.2, 0.25) is 0 Å². The van der Waals surface area contributed by atoms with Gasteiger partial charge in [0.05, 0.1) is 0 Å². The summed E-state index contributed by atoms with van der Waals surface area (Å²) in [6.45, 7) is 1.21. The number of fused-ring (bicyclic) bond motifs is 3. The minimum atomic E-state index is -3.18. The predicted molar refractivity (Wildman–Crippen MR) is 119 cm³/mol. The normalized spacial score (nSPS) is 35.3. The second-order valence-electron chi connectivity index (χ2n) is 11.9. The molecule has 0 atom stereocenters. The van der Waals surface area contributed by atoms with E-state index in [1.54, 1.807) is 17.0 Å². The molecule has 0 radical (unpaired) electrons. The van der Waals surface area contributed by atoms with Crippen molar-refractivity contribution in [2.75, 3.05) is 11.4 Å². The molecular formula is C26H29F4N3O2. The van der Waals surface area contributed by atoms with E-state index < -0.39 is 23.3 Å². The number of rotatable bonds is 7. The lowest BCUT2D eigenvalue weighted by atomic mass is 9.41. The van der Waals surface area contributed by atoms with Crippen molar-refractivity contribution in [3.8, 4) is 0 Å². The summed E-state index contributed by atoms with van der Waals surface area (Å²) in [5.74, 6) is -3.97. The number of halogens is 4. The van der Waals surface area contributed by atoms with Gasteiger partial charge in [-0.1, -0.05) is 11.2 Å². The van der Waals surface area contributed by atoms with Crippen molar-refractivity contribution >= 4 is 11.6 Å². The quantitative estimate of drug-likeness (QED) is 0.431. The van der Waals surface area contributed by atoms with Gasteiger partial charge >= 0.3 is 5.92 Å². The Labute approximate surface area is 201 Å². The van der Waals surface area contributed by atoms with Gasteiger partial charge in [0, 0.05) is 31.0 Å². The lowest BCUT2D eigenvalue weighted by Crippen LogP contribution is -2.65. The monoisotopic (exact) mass is 491 g/mol. The van der Waals surface area contributed by atoms with Crippen molar-refractivity contribution in [1.29, 1.82) is 0 Å². The maximum absolute atomic E-state index is 14.1. The Morgan fingerprint density at radius 3 is 2.29 bits per heavy atom. The first-order chi connectivity index (χ1) is 16.4. The summed E-state index contributed by atoms with van der Waals surface area (Å²) in [7, 11) is 0. The van der Waals surface area contributed by atoms with Crippen LogP contribution in [0, 0.1) is 16.6 Å². The zero-order valence-corrected chi connectivity index (χ0v) is 19.8. The second-order valence-corrected chi connectivity index (χ2v) is 11.9. The van der Waals surface area contributed by atoms with Crippen LogP contribution in [0.1, 0.15) is 82.8 Å². The molecule has 1 aromatic heterocycles. The minimum Gasteiger partial charge on any atom is -0.333 e. The molecule has 6 aliphatic rings. The number of aromatic nitrogens is 2. The molecule has 6 aliphatic carbocycles. The van der Waals surface area contributed by atoms with Crippen LogP contribution in [0.15, 0.2) is 28.8 Å². The molecule has 0 unspecified atom stereocenters. The standard InChI is InChI=1S/C26H29F4N3O2/c1-22(28,29)21-31-20(32-35-21)25-8-5-23(6-9-25,7-10-25)16-33(18-4-2-3-17(27)11-18)19(34)12-24-13-26(30,14-24)15-24/h2-4,11H,5-10,12-16H2,1H3. The minimum absolute atomic E-state index is 0.0814. The number of carbonyl (C=O) groups excluding carboxylic acids is 1. The molecule has 0 spiro atoms. The molecule has 1 heterocycles. The van der Waals surface area contributed by atoms with Gasteiger partial charge in [0.25, 0.3) is 5.89 Å². The van der Waals surface area contributed by atoms with Crippen LogP contribution in [-0.2, 0) is 16.1 Å². The van der Waals surface area contributed by atoms with E-state index in [0.29, 0.717) is 37.3 Å². The average molecular weight is 492 g/mol. The summed E-state index contributed by atoms with van der Waals surface area (Å²) >= 11 is 0. The molecular weight excluding hydrogens is 462 g/mol. The molecule has 188 valence electrons. The molecule has 1 amide bonds. The molecule has 0 aliphatic heterocycles. The fourth-order valence-corrected chi connectivity index (χ4v) is 7.22. The number of carbonyl (C=O) groups is 1. The number of alkyl halides is 3. The maximum atomic E-state index is 14.1. The number of hydrogen-bond acceptors (Lipinski definition) is 4. The van der Waals surface area contributed by atoms with Crippen LogP contribution in [0.4, 0.5) is 23.2 Å². The van der Waals surface area contributed by atoms with Gasteiger partial charge < -0.3 is 9.42 Å². The SMILES string of the molecule is CC(F)(F)c1nc(C23CCC(CN(C(=O)CC45CC(F)(C4)C5)c4cccc(F)c4)(CC2)CC3)no1. The van der Waals surface area contributed by atoms with E-state index in [9.17, 15) is 22.4 Å². The van der Waals surface area contributed by atoms with Crippen LogP contribution in [0.5, 0.6) is 0 Å². The second kappa shape index (κ2) is 7.29. The van der Waals surface area contributed by atoms with Crippen molar-refractivity contribution in [1.82, 2.24) is 10.1 Å². The smallest absolute Gasteiger partial charge is 0.322 e. The highest BCUT2D eigenvalue weighted by Crippen LogP contribution is 2.71.